The number of aliphatic imine (C=N–C) groups is 1. The smallest absolute Gasteiger partial charge is 0.357 e. The lowest BCUT2D eigenvalue weighted by Gasteiger charge is -2.17. The van der Waals surface area contributed by atoms with Crippen molar-refractivity contribution in [2.45, 2.75) is 33.4 Å². The molecule has 0 amide bonds. The first-order valence-electron chi connectivity index (χ1n) is 8.16. The number of nitrogens with zero attached hydrogens (tertiary/aromatic N) is 3. The van der Waals surface area contributed by atoms with Gasteiger partial charge in [0.15, 0.2) is 11.7 Å². The first kappa shape index (κ1) is 20.7. The second kappa shape index (κ2) is 10.5. The van der Waals surface area contributed by atoms with Crippen LogP contribution in [0, 0.1) is 0 Å². The molecule has 5 nitrogen and oxygen atoms in total. The number of guanidine groups is 1. The van der Waals surface area contributed by atoms with Crippen LogP contribution in [0.4, 0.5) is 13.2 Å². The third kappa shape index (κ3) is 7.48. The number of rotatable bonds is 9. The summed E-state index contributed by atoms with van der Waals surface area (Å²) in [6, 6.07) is 0. The van der Waals surface area contributed by atoms with Gasteiger partial charge in [-0.3, -0.25) is 4.99 Å². The number of thiazole rings is 1. The van der Waals surface area contributed by atoms with E-state index in [-0.39, 0.29) is 0 Å². The number of halogens is 3. The van der Waals surface area contributed by atoms with Crippen LogP contribution in [-0.2, 0) is 12.6 Å². The second-order valence-corrected chi connectivity index (χ2v) is 6.03. The van der Waals surface area contributed by atoms with E-state index in [1.807, 2.05) is 6.92 Å². The van der Waals surface area contributed by atoms with Gasteiger partial charge in [0.05, 0.1) is 11.6 Å². The molecule has 0 unspecified atom stereocenters. The van der Waals surface area contributed by atoms with E-state index in [9.17, 15) is 13.2 Å². The Morgan fingerprint density at radius 3 is 2.50 bits per heavy atom. The minimum Gasteiger partial charge on any atom is -0.357 e. The van der Waals surface area contributed by atoms with Gasteiger partial charge in [-0.1, -0.05) is 13.8 Å². The maximum absolute atomic E-state index is 12.5. The number of alkyl halides is 3. The largest absolute Gasteiger partial charge is 0.434 e. The highest BCUT2D eigenvalue weighted by Crippen LogP contribution is 2.29. The molecule has 1 rings (SSSR count). The lowest BCUT2D eigenvalue weighted by molar-refractivity contribution is -0.140. The van der Waals surface area contributed by atoms with Gasteiger partial charge in [0, 0.05) is 31.4 Å². The fourth-order valence-electron chi connectivity index (χ4n) is 2.03. The van der Waals surface area contributed by atoms with Crippen LogP contribution in [-0.4, -0.2) is 55.1 Å². The average molecular weight is 365 g/mol. The van der Waals surface area contributed by atoms with E-state index in [4.69, 9.17) is 0 Å². The molecule has 24 heavy (non-hydrogen) atoms. The van der Waals surface area contributed by atoms with Crippen molar-refractivity contribution in [2.75, 3.05) is 39.3 Å². The van der Waals surface area contributed by atoms with Crippen molar-refractivity contribution in [3.05, 3.63) is 16.1 Å². The predicted octanol–water partition coefficient (Wildman–Crippen LogP) is 2.60. The van der Waals surface area contributed by atoms with Crippen LogP contribution in [0.2, 0.25) is 0 Å². The zero-order valence-corrected chi connectivity index (χ0v) is 15.2. The molecule has 0 spiro atoms. The van der Waals surface area contributed by atoms with E-state index in [1.165, 1.54) is 0 Å². The summed E-state index contributed by atoms with van der Waals surface area (Å²) in [4.78, 5) is 10.4. The molecular formula is C15H26F3N5S. The van der Waals surface area contributed by atoms with Crippen LogP contribution in [0.1, 0.15) is 31.5 Å². The molecule has 0 bridgehead atoms. The Labute approximate surface area is 145 Å². The highest BCUT2D eigenvalue weighted by Gasteiger charge is 2.33. The minimum absolute atomic E-state index is 0.432. The Bertz CT molecular complexity index is 498. The predicted molar refractivity (Wildman–Crippen MR) is 92.6 cm³/mol. The van der Waals surface area contributed by atoms with E-state index < -0.39 is 11.9 Å². The highest BCUT2D eigenvalue weighted by molar-refractivity contribution is 7.09. The second-order valence-electron chi connectivity index (χ2n) is 5.09. The van der Waals surface area contributed by atoms with E-state index in [2.05, 4.69) is 39.4 Å². The van der Waals surface area contributed by atoms with Crippen LogP contribution in [0.5, 0.6) is 0 Å². The summed E-state index contributed by atoms with van der Waals surface area (Å²) in [5.74, 6) is 0.678. The van der Waals surface area contributed by atoms with Crippen LogP contribution in [0.15, 0.2) is 10.4 Å². The van der Waals surface area contributed by atoms with E-state index in [1.54, 1.807) is 0 Å². The van der Waals surface area contributed by atoms with Crippen molar-refractivity contribution in [3.63, 3.8) is 0 Å². The lowest BCUT2D eigenvalue weighted by Crippen LogP contribution is -2.39. The average Bonchev–Trinajstić information content (AvgIpc) is 3.00. The minimum atomic E-state index is -4.37. The molecule has 0 saturated heterocycles. The molecule has 0 radical (unpaired) electrons. The maximum atomic E-state index is 12.5. The van der Waals surface area contributed by atoms with Gasteiger partial charge in [-0.2, -0.15) is 13.2 Å². The standard InChI is InChI=1S/C15H26F3N5S/c1-4-19-14(21-9-10-23(5-2)6-3)20-8-7-13-22-12(11-24-13)15(16,17)18/h11H,4-10H2,1-3H3,(H2,19,20,21). The molecule has 1 aromatic heterocycles. The number of nitrogens with one attached hydrogen (secondary N) is 2. The summed E-state index contributed by atoms with van der Waals surface area (Å²) in [6.45, 7) is 10.9. The molecule has 0 fully saturated rings. The van der Waals surface area contributed by atoms with Gasteiger partial charge in [-0.25, -0.2) is 4.98 Å². The molecule has 9 heteroatoms. The lowest BCUT2D eigenvalue weighted by atomic mass is 10.4. The molecule has 1 heterocycles. The van der Waals surface area contributed by atoms with Gasteiger partial charge in [0.1, 0.15) is 0 Å². The molecule has 0 aromatic carbocycles. The first-order chi connectivity index (χ1) is 11.4. The topological polar surface area (TPSA) is 52.6 Å². The molecule has 138 valence electrons. The fraction of sp³-hybridized carbons (Fsp3) is 0.733. The highest BCUT2D eigenvalue weighted by atomic mass is 32.1. The summed E-state index contributed by atoms with van der Waals surface area (Å²) in [5, 5.41) is 7.78. The summed E-state index contributed by atoms with van der Waals surface area (Å²) < 4.78 is 37.5. The van der Waals surface area contributed by atoms with Gasteiger partial charge in [-0.05, 0) is 20.0 Å². The zero-order valence-electron chi connectivity index (χ0n) is 14.4. The van der Waals surface area contributed by atoms with Crippen LogP contribution < -0.4 is 10.6 Å². The SMILES string of the molecule is CCNC(=NCCN(CC)CC)NCCc1nc(C(F)(F)F)cs1. The third-order valence-electron chi connectivity index (χ3n) is 3.40. The van der Waals surface area contributed by atoms with Crippen molar-refractivity contribution >= 4 is 17.3 Å². The number of likely N-dealkylation sites (N-methyl/N-ethyl adjacent to an activating group) is 1. The van der Waals surface area contributed by atoms with Crippen molar-refractivity contribution in [1.82, 2.24) is 20.5 Å². The van der Waals surface area contributed by atoms with E-state index in [0.717, 1.165) is 42.9 Å². The molecular weight excluding hydrogens is 339 g/mol. The number of hydrogen-bond acceptors (Lipinski definition) is 4. The van der Waals surface area contributed by atoms with Crippen LogP contribution in [0.3, 0.4) is 0 Å². The summed E-state index contributed by atoms with van der Waals surface area (Å²) in [7, 11) is 0. The van der Waals surface area contributed by atoms with Gasteiger partial charge in [-0.15, -0.1) is 11.3 Å². The quantitative estimate of drug-likeness (QED) is 0.522. The van der Waals surface area contributed by atoms with Crippen molar-refractivity contribution in [1.29, 1.82) is 0 Å². The van der Waals surface area contributed by atoms with E-state index in [0.29, 0.717) is 30.5 Å². The number of aromatic nitrogens is 1. The van der Waals surface area contributed by atoms with Crippen molar-refractivity contribution in [3.8, 4) is 0 Å². The van der Waals surface area contributed by atoms with E-state index >= 15 is 0 Å². The third-order valence-corrected chi connectivity index (χ3v) is 4.31. The summed E-state index contributed by atoms with van der Waals surface area (Å²) in [5.41, 5.74) is -0.817. The fourth-order valence-corrected chi connectivity index (χ4v) is 2.83. The molecule has 1 aromatic rings. The van der Waals surface area contributed by atoms with Crippen LogP contribution in [0.25, 0.3) is 0 Å². The summed E-state index contributed by atoms with van der Waals surface area (Å²) >= 11 is 1.03. The molecule has 0 saturated carbocycles. The summed E-state index contributed by atoms with van der Waals surface area (Å²) in [6.07, 6.45) is -3.94. The van der Waals surface area contributed by atoms with Crippen LogP contribution >= 0.6 is 11.3 Å². The number of hydrogen-bond donors (Lipinski definition) is 2. The molecule has 0 atom stereocenters. The van der Waals surface area contributed by atoms with Gasteiger partial charge >= 0.3 is 6.18 Å². The monoisotopic (exact) mass is 365 g/mol. The maximum Gasteiger partial charge on any atom is 0.434 e. The van der Waals surface area contributed by atoms with Crippen molar-refractivity contribution in [2.24, 2.45) is 4.99 Å². The Kier molecular flexibility index (Phi) is 9.05. The molecule has 0 aliphatic heterocycles. The Morgan fingerprint density at radius 1 is 1.25 bits per heavy atom. The molecule has 2 N–H and O–H groups in total. The van der Waals surface area contributed by atoms with Gasteiger partial charge in [0.25, 0.3) is 0 Å². The molecule has 0 aliphatic rings. The Balaban J connectivity index is 2.44. The van der Waals surface area contributed by atoms with Gasteiger partial charge < -0.3 is 15.5 Å². The Morgan fingerprint density at radius 2 is 1.96 bits per heavy atom. The Hall–Kier alpha value is -1.35. The first-order valence-corrected chi connectivity index (χ1v) is 9.04. The van der Waals surface area contributed by atoms with Crippen molar-refractivity contribution < 1.29 is 13.2 Å². The normalized spacial score (nSPS) is 12.7. The zero-order chi connectivity index (χ0) is 18.0. The van der Waals surface area contributed by atoms with Gasteiger partial charge in [0.2, 0.25) is 0 Å². The molecule has 0 aliphatic carbocycles.